The number of fused-ring (bicyclic) bond motifs is 1. The highest BCUT2D eigenvalue weighted by Gasteiger charge is 2.22. The van der Waals surface area contributed by atoms with Crippen molar-refractivity contribution in [3.63, 3.8) is 0 Å². The number of nitrogens with one attached hydrogen (secondary N) is 1. The van der Waals surface area contributed by atoms with Gasteiger partial charge in [0.1, 0.15) is 0 Å². The van der Waals surface area contributed by atoms with Crippen LogP contribution in [0.2, 0.25) is 0 Å². The number of rotatable bonds is 2. The van der Waals surface area contributed by atoms with E-state index in [2.05, 4.69) is 46.0 Å². The van der Waals surface area contributed by atoms with Gasteiger partial charge in [-0.3, -0.25) is 9.78 Å². The van der Waals surface area contributed by atoms with E-state index in [4.69, 9.17) is 4.98 Å². The summed E-state index contributed by atoms with van der Waals surface area (Å²) in [5, 5.41) is 0. The lowest BCUT2D eigenvalue weighted by Crippen LogP contribution is -2.47. The Hall–Kier alpha value is -2.30. The van der Waals surface area contributed by atoms with Gasteiger partial charge in [-0.25, -0.2) is 4.98 Å². The summed E-state index contributed by atoms with van der Waals surface area (Å²) in [6.45, 7) is 5.79. The second-order valence-corrected chi connectivity index (χ2v) is 6.48. The van der Waals surface area contributed by atoms with E-state index in [-0.39, 0.29) is 5.56 Å². The molecule has 2 heterocycles. The van der Waals surface area contributed by atoms with Crippen molar-refractivity contribution in [3.05, 3.63) is 51.4 Å². The van der Waals surface area contributed by atoms with Crippen LogP contribution in [0.15, 0.2) is 29.1 Å². The summed E-state index contributed by atoms with van der Waals surface area (Å²) in [5.74, 6) is 0.750. The number of aromatic nitrogens is 2. The van der Waals surface area contributed by atoms with Gasteiger partial charge in [-0.05, 0) is 43.9 Å². The van der Waals surface area contributed by atoms with E-state index in [1.54, 1.807) is 0 Å². The molecule has 0 radical (unpaired) electrons. The minimum atomic E-state index is 0.0589. The minimum absolute atomic E-state index is 0.0589. The van der Waals surface area contributed by atoms with Crippen LogP contribution in [0.4, 0.5) is 11.6 Å². The van der Waals surface area contributed by atoms with Crippen LogP contribution in [0.3, 0.4) is 0 Å². The third-order valence-electron chi connectivity index (χ3n) is 4.87. The Bertz CT molecular complexity index is 775. The molecule has 1 aliphatic carbocycles. The molecule has 2 aliphatic rings. The molecule has 0 amide bonds. The van der Waals surface area contributed by atoms with E-state index in [1.807, 2.05) is 0 Å². The Morgan fingerprint density at radius 1 is 1.09 bits per heavy atom. The van der Waals surface area contributed by atoms with Gasteiger partial charge in [0.25, 0.3) is 5.56 Å². The van der Waals surface area contributed by atoms with Crippen LogP contribution >= 0.6 is 0 Å². The van der Waals surface area contributed by atoms with Gasteiger partial charge in [-0.1, -0.05) is 12.1 Å². The third-order valence-corrected chi connectivity index (χ3v) is 4.87. The van der Waals surface area contributed by atoms with Crippen molar-refractivity contribution < 1.29 is 0 Å². The number of nitrogens with zero attached hydrogens (tertiary/aromatic N) is 3. The first-order valence-corrected chi connectivity index (χ1v) is 8.39. The van der Waals surface area contributed by atoms with E-state index in [9.17, 15) is 4.79 Å². The molecule has 4 rings (SSSR count). The quantitative estimate of drug-likeness (QED) is 0.920. The fourth-order valence-corrected chi connectivity index (χ4v) is 3.58. The van der Waals surface area contributed by atoms with Gasteiger partial charge in [-0.2, -0.15) is 0 Å². The number of benzene rings is 1. The molecule has 1 aliphatic heterocycles. The summed E-state index contributed by atoms with van der Waals surface area (Å²) < 4.78 is 0. The SMILES string of the molecule is Cc1cccc(N2CCN(c3nc4c(c(=O)[nH]3)CCC4)CC2)c1. The predicted octanol–water partition coefficient (Wildman–Crippen LogP) is 1.89. The lowest BCUT2D eigenvalue weighted by molar-refractivity contribution is 0.637. The Balaban J connectivity index is 1.50. The molecule has 2 aromatic rings. The summed E-state index contributed by atoms with van der Waals surface area (Å²) in [6.07, 6.45) is 2.87. The summed E-state index contributed by atoms with van der Waals surface area (Å²) in [4.78, 5) is 24.4. The molecule has 23 heavy (non-hydrogen) atoms. The molecule has 1 aromatic heterocycles. The van der Waals surface area contributed by atoms with Crippen molar-refractivity contribution in [3.8, 4) is 0 Å². The van der Waals surface area contributed by atoms with Crippen molar-refractivity contribution >= 4 is 11.6 Å². The van der Waals surface area contributed by atoms with Crippen LogP contribution < -0.4 is 15.4 Å². The van der Waals surface area contributed by atoms with E-state index in [0.717, 1.165) is 62.6 Å². The topological polar surface area (TPSA) is 52.2 Å². The molecule has 0 atom stereocenters. The van der Waals surface area contributed by atoms with Crippen molar-refractivity contribution in [2.45, 2.75) is 26.2 Å². The summed E-state index contributed by atoms with van der Waals surface area (Å²) in [7, 11) is 0. The van der Waals surface area contributed by atoms with Gasteiger partial charge in [0, 0.05) is 37.4 Å². The monoisotopic (exact) mass is 310 g/mol. The highest BCUT2D eigenvalue weighted by Crippen LogP contribution is 2.21. The molecule has 1 aromatic carbocycles. The fraction of sp³-hybridized carbons (Fsp3) is 0.444. The first-order chi connectivity index (χ1) is 11.2. The minimum Gasteiger partial charge on any atom is -0.368 e. The number of hydrogen-bond donors (Lipinski definition) is 1. The molecule has 1 fully saturated rings. The molecule has 0 spiro atoms. The first kappa shape index (κ1) is 14.3. The summed E-state index contributed by atoms with van der Waals surface area (Å²) in [5.41, 5.74) is 4.52. The Labute approximate surface area is 136 Å². The zero-order valence-electron chi connectivity index (χ0n) is 13.5. The van der Waals surface area contributed by atoms with Crippen LogP contribution in [0, 0.1) is 6.92 Å². The maximum Gasteiger partial charge on any atom is 0.255 e. The number of piperazine rings is 1. The Morgan fingerprint density at radius 2 is 1.87 bits per heavy atom. The standard InChI is InChI=1S/C18H22N4O/c1-13-4-2-5-14(12-13)21-8-10-22(11-9-21)18-19-16-7-3-6-15(16)17(23)20-18/h2,4-5,12H,3,6-11H2,1H3,(H,19,20,23). The number of aryl methyl sites for hydroxylation is 2. The Morgan fingerprint density at radius 3 is 2.65 bits per heavy atom. The normalized spacial score (nSPS) is 17.4. The zero-order valence-corrected chi connectivity index (χ0v) is 13.5. The van der Waals surface area contributed by atoms with E-state index in [0.29, 0.717) is 0 Å². The molecule has 0 saturated carbocycles. The molecular weight excluding hydrogens is 288 g/mol. The second-order valence-electron chi connectivity index (χ2n) is 6.48. The number of anilines is 2. The average Bonchev–Trinajstić information content (AvgIpc) is 3.04. The van der Waals surface area contributed by atoms with Gasteiger partial charge < -0.3 is 9.80 Å². The largest absolute Gasteiger partial charge is 0.368 e. The van der Waals surface area contributed by atoms with Crippen molar-refractivity contribution in [2.24, 2.45) is 0 Å². The van der Waals surface area contributed by atoms with Gasteiger partial charge in [-0.15, -0.1) is 0 Å². The van der Waals surface area contributed by atoms with Crippen LogP contribution in [0.1, 0.15) is 23.2 Å². The summed E-state index contributed by atoms with van der Waals surface area (Å²) >= 11 is 0. The van der Waals surface area contributed by atoms with Crippen LogP contribution in [0.25, 0.3) is 0 Å². The molecule has 0 bridgehead atoms. The number of hydrogen-bond acceptors (Lipinski definition) is 4. The molecule has 1 saturated heterocycles. The molecule has 120 valence electrons. The molecule has 0 unspecified atom stereocenters. The highest BCUT2D eigenvalue weighted by atomic mass is 16.1. The maximum atomic E-state index is 12.2. The second kappa shape index (κ2) is 5.72. The maximum absolute atomic E-state index is 12.2. The van der Waals surface area contributed by atoms with Gasteiger partial charge >= 0.3 is 0 Å². The molecule has 5 nitrogen and oxygen atoms in total. The smallest absolute Gasteiger partial charge is 0.255 e. The lowest BCUT2D eigenvalue weighted by Gasteiger charge is -2.36. The van der Waals surface area contributed by atoms with Crippen LogP contribution in [0.5, 0.6) is 0 Å². The number of H-pyrrole nitrogens is 1. The first-order valence-electron chi connectivity index (χ1n) is 8.39. The molecule has 5 heteroatoms. The lowest BCUT2D eigenvalue weighted by atomic mass is 10.2. The van der Waals surface area contributed by atoms with Gasteiger partial charge in [0.15, 0.2) is 0 Å². The zero-order chi connectivity index (χ0) is 15.8. The van der Waals surface area contributed by atoms with Crippen LogP contribution in [-0.2, 0) is 12.8 Å². The van der Waals surface area contributed by atoms with E-state index in [1.165, 1.54) is 11.3 Å². The van der Waals surface area contributed by atoms with Crippen molar-refractivity contribution in [2.75, 3.05) is 36.0 Å². The van der Waals surface area contributed by atoms with Gasteiger partial charge in [0.2, 0.25) is 5.95 Å². The summed E-state index contributed by atoms with van der Waals surface area (Å²) in [6, 6.07) is 8.62. The van der Waals surface area contributed by atoms with Crippen molar-refractivity contribution in [1.82, 2.24) is 9.97 Å². The molecular formula is C18H22N4O. The van der Waals surface area contributed by atoms with E-state index >= 15 is 0 Å². The highest BCUT2D eigenvalue weighted by molar-refractivity contribution is 5.50. The average molecular weight is 310 g/mol. The van der Waals surface area contributed by atoms with E-state index < -0.39 is 0 Å². The van der Waals surface area contributed by atoms with Crippen molar-refractivity contribution in [1.29, 1.82) is 0 Å². The predicted molar refractivity (Wildman–Crippen MR) is 92.5 cm³/mol. The third kappa shape index (κ3) is 2.71. The number of aromatic amines is 1. The van der Waals surface area contributed by atoms with Crippen LogP contribution in [-0.4, -0.2) is 36.1 Å². The van der Waals surface area contributed by atoms with Gasteiger partial charge in [0.05, 0.1) is 5.69 Å². The fourth-order valence-electron chi connectivity index (χ4n) is 3.58. The molecule has 1 N–H and O–H groups in total. The Kier molecular flexibility index (Phi) is 3.56.